The van der Waals surface area contributed by atoms with Gasteiger partial charge < -0.3 is 27.0 Å². The maximum atomic E-state index is 12.6. The van der Waals surface area contributed by atoms with Crippen LogP contribution in [0, 0.1) is 22.7 Å². The Bertz CT molecular complexity index is 5510. The highest BCUT2D eigenvalue weighted by atomic mass is 16.3. The third kappa shape index (κ3) is 5.14. The zero-order chi connectivity index (χ0) is 49.9. The van der Waals surface area contributed by atoms with Crippen molar-refractivity contribution in [1.82, 2.24) is 13.7 Å². The lowest BCUT2D eigenvalue weighted by molar-refractivity contribution is 0.669. The quantitative estimate of drug-likeness (QED) is 0.175. The van der Waals surface area contributed by atoms with Gasteiger partial charge in [0.25, 0.3) is 0 Å². The average molecular weight is 970 g/mol. The first kappa shape index (κ1) is 40.8. The van der Waals surface area contributed by atoms with Gasteiger partial charge in [-0.3, -0.25) is 0 Å². The van der Waals surface area contributed by atoms with Crippen LogP contribution in [0.25, 0.3) is 159 Å². The van der Waals surface area contributed by atoms with Gasteiger partial charge >= 0.3 is 0 Å². The third-order valence-corrected chi connectivity index (χ3v) is 15.9. The summed E-state index contributed by atoms with van der Waals surface area (Å²) < 4.78 is 26.9. The molecule has 0 aliphatic heterocycles. The maximum Gasteiger partial charge on any atom is 0.145 e. The molecule has 0 spiro atoms. The van der Waals surface area contributed by atoms with E-state index in [1.165, 1.54) is 0 Å². The molecule has 0 amide bonds. The fraction of sp³-hybridized carbons (Fsp3) is 0. The van der Waals surface area contributed by atoms with Crippen molar-refractivity contribution in [2.75, 3.05) is 0 Å². The molecule has 350 valence electrons. The van der Waals surface area contributed by atoms with Gasteiger partial charge in [0.05, 0.1) is 66.5 Å². The first-order chi connectivity index (χ1) is 37.7. The van der Waals surface area contributed by atoms with E-state index in [0.29, 0.717) is 33.8 Å². The van der Waals surface area contributed by atoms with E-state index in [2.05, 4.69) is 117 Å². The molecule has 8 heteroatoms. The van der Waals surface area contributed by atoms with Crippen molar-refractivity contribution >= 4 is 131 Å². The fourth-order valence-corrected chi connectivity index (χ4v) is 12.9. The molecule has 0 aliphatic carbocycles. The van der Waals surface area contributed by atoms with Gasteiger partial charge in [-0.25, -0.2) is 0 Å². The Morgan fingerprint density at radius 2 is 0.684 bits per heavy atom. The van der Waals surface area contributed by atoms with Crippen molar-refractivity contribution in [2.45, 2.75) is 0 Å². The number of aromatic nitrogens is 3. The van der Waals surface area contributed by atoms with Gasteiger partial charge in [-0.05, 0) is 78.4 Å². The average Bonchev–Trinajstić information content (AvgIpc) is 4.51. The number of furan rings is 3. The van der Waals surface area contributed by atoms with E-state index in [-0.39, 0.29) is 0 Å². The van der Waals surface area contributed by atoms with Crippen LogP contribution >= 0.6 is 0 Å². The monoisotopic (exact) mass is 969 g/mol. The molecule has 17 aromatic rings. The predicted octanol–water partition coefficient (Wildman–Crippen LogP) is 18.1. The molecule has 0 atom stereocenters. The molecular formula is C68H35N5O3. The normalized spacial score (nSPS) is 12.2. The number of rotatable bonds is 4. The molecule has 17 rings (SSSR count). The minimum Gasteiger partial charge on any atom is -0.456 e. The standard InChI is InChI=1S/C68H35N5O3/c69-36-47-59(38-16-2-1-3-17-38)64(71-50-25-11-5-21-44(50)61-53(71)32-30-41-39-18-7-13-27-55(39)75-67(41)61)48(37-70)66(72-49-24-10-4-20-43(49)60-52(72)34-35-58-63(60)46-23-9-15-29-57(46)74-58)65(47)73-51-26-12-6-22-45(51)62-54(73)33-31-42-40-19-8-14-28-56(40)76-68(42)62/h1-35H. The zero-order valence-electron chi connectivity index (χ0n) is 40.2. The summed E-state index contributed by atoms with van der Waals surface area (Å²) in [5, 5.41) is 36.8. The van der Waals surface area contributed by atoms with E-state index in [9.17, 15) is 10.5 Å². The summed E-state index contributed by atoms with van der Waals surface area (Å²) in [7, 11) is 0. The van der Waals surface area contributed by atoms with Crippen molar-refractivity contribution in [3.8, 4) is 40.3 Å². The van der Waals surface area contributed by atoms with E-state index >= 15 is 0 Å². The summed E-state index contributed by atoms with van der Waals surface area (Å²) in [6.07, 6.45) is 0. The lowest BCUT2D eigenvalue weighted by atomic mass is 9.91. The van der Waals surface area contributed by atoms with Gasteiger partial charge in [0.15, 0.2) is 0 Å². The van der Waals surface area contributed by atoms with Crippen LogP contribution in [0.4, 0.5) is 0 Å². The Hall–Kier alpha value is -10.8. The van der Waals surface area contributed by atoms with Gasteiger partial charge in [-0.1, -0.05) is 140 Å². The zero-order valence-corrected chi connectivity index (χ0v) is 40.2. The van der Waals surface area contributed by atoms with Crippen molar-refractivity contribution in [1.29, 1.82) is 10.5 Å². The largest absolute Gasteiger partial charge is 0.456 e. The molecule has 0 aliphatic rings. The summed E-state index contributed by atoms with van der Waals surface area (Å²) in [5.74, 6) is 0. The number of hydrogen-bond acceptors (Lipinski definition) is 5. The summed E-state index contributed by atoms with van der Waals surface area (Å²) >= 11 is 0. The fourth-order valence-electron chi connectivity index (χ4n) is 12.9. The summed E-state index contributed by atoms with van der Waals surface area (Å²) in [6, 6.07) is 77.9. The predicted molar refractivity (Wildman–Crippen MR) is 306 cm³/mol. The van der Waals surface area contributed by atoms with Gasteiger partial charge in [-0.2, -0.15) is 10.5 Å². The van der Waals surface area contributed by atoms with Crippen LogP contribution in [0.2, 0.25) is 0 Å². The Kier molecular flexibility index (Phi) is 7.99. The van der Waals surface area contributed by atoms with Gasteiger partial charge in [-0.15, -0.1) is 0 Å². The molecular weight excluding hydrogens is 935 g/mol. The van der Waals surface area contributed by atoms with Crippen LogP contribution in [-0.2, 0) is 0 Å². The Morgan fingerprint density at radius 3 is 1.22 bits per heavy atom. The highest BCUT2D eigenvalue weighted by Crippen LogP contribution is 2.51. The van der Waals surface area contributed by atoms with E-state index in [1.807, 2.05) is 121 Å². The molecule has 0 saturated heterocycles. The summed E-state index contributed by atoms with van der Waals surface area (Å²) in [5.41, 5.74) is 13.6. The second kappa shape index (κ2) is 14.9. The number of hydrogen-bond donors (Lipinski definition) is 0. The van der Waals surface area contributed by atoms with Gasteiger partial charge in [0, 0.05) is 59.4 Å². The lowest BCUT2D eigenvalue weighted by Crippen LogP contribution is -2.14. The Labute approximate surface area is 430 Å². The van der Waals surface area contributed by atoms with Crippen molar-refractivity contribution < 1.29 is 13.3 Å². The van der Waals surface area contributed by atoms with E-state index in [0.717, 1.165) is 137 Å². The first-order valence-electron chi connectivity index (χ1n) is 25.3. The molecule has 6 aromatic heterocycles. The van der Waals surface area contributed by atoms with Crippen LogP contribution in [0.5, 0.6) is 0 Å². The molecule has 0 saturated carbocycles. The van der Waals surface area contributed by atoms with Crippen LogP contribution in [0.3, 0.4) is 0 Å². The molecule has 0 unspecified atom stereocenters. The highest BCUT2D eigenvalue weighted by Gasteiger charge is 2.34. The smallest absolute Gasteiger partial charge is 0.145 e. The molecule has 0 radical (unpaired) electrons. The minimum absolute atomic E-state index is 0.371. The maximum absolute atomic E-state index is 12.6. The molecule has 11 aromatic carbocycles. The lowest BCUT2D eigenvalue weighted by Gasteiger charge is -2.26. The SMILES string of the molecule is N#Cc1c(-c2ccccc2)c(-n2c3ccccc3c3c4oc5ccccc5c4ccc32)c(C#N)c(-n2c3ccccc3c3c4c(ccc32)oc2ccccc24)c1-n1c2ccccc2c2c3oc4ccccc4c3ccc21. The molecule has 0 bridgehead atoms. The summed E-state index contributed by atoms with van der Waals surface area (Å²) in [6.45, 7) is 0. The van der Waals surface area contributed by atoms with E-state index in [1.54, 1.807) is 0 Å². The second-order valence-corrected chi connectivity index (χ2v) is 19.6. The Balaban J connectivity index is 1.14. The number of fused-ring (bicyclic) bond motifs is 21. The van der Waals surface area contributed by atoms with Crippen LogP contribution in [0.1, 0.15) is 11.1 Å². The third-order valence-electron chi connectivity index (χ3n) is 15.9. The highest BCUT2D eigenvalue weighted by molar-refractivity contribution is 6.29. The molecule has 76 heavy (non-hydrogen) atoms. The van der Waals surface area contributed by atoms with Gasteiger partial charge in [0.2, 0.25) is 0 Å². The van der Waals surface area contributed by atoms with Crippen molar-refractivity contribution in [3.05, 3.63) is 223 Å². The number of benzene rings is 11. The minimum atomic E-state index is 0.371. The summed E-state index contributed by atoms with van der Waals surface area (Å²) in [4.78, 5) is 0. The Morgan fingerprint density at radius 1 is 0.276 bits per heavy atom. The van der Waals surface area contributed by atoms with Crippen LogP contribution in [-0.4, -0.2) is 13.7 Å². The van der Waals surface area contributed by atoms with Crippen LogP contribution in [0.15, 0.2) is 226 Å². The number of para-hydroxylation sites is 6. The topological polar surface area (TPSA) is 102 Å². The molecule has 6 heterocycles. The number of nitriles is 2. The van der Waals surface area contributed by atoms with E-state index < -0.39 is 0 Å². The van der Waals surface area contributed by atoms with Crippen molar-refractivity contribution in [3.63, 3.8) is 0 Å². The van der Waals surface area contributed by atoms with Crippen LogP contribution < -0.4 is 0 Å². The molecule has 8 nitrogen and oxygen atoms in total. The number of nitrogens with zero attached hydrogens (tertiary/aromatic N) is 5. The van der Waals surface area contributed by atoms with E-state index in [4.69, 9.17) is 13.3 Å². The van der Waals surface area contributed by atoms with Gasteiger partial charge in [0.1, 0.15) is 51.2 Å². The first-order valence-corrected chi connectivity index (χ1v) is 25.3. The molecule has 0 fully saturated rings. The second-order valence-electron chi connectivity index (χ2n) is 19.6. The van der Waals surface area contributed by atoms with Crippen molar-refractivity contribution in [2.24, 2.45) is 0 Å². The molecule has 0 N–H and O–H groups in total.